The quantitative estimate of drug-likeness (QED) is 0.450. The number of nitrogens with one attached hydrogen (secondary N) is 3. The van der Waals surface area contributed by atoms with Gasteiger partial charge in [-0.05, 0) is 39.1 Å². The number of guanidine groups is 1. The average Bonchev–Trinajstić information content (AvgIpc) is 2.48. The molecule has 0 atom stereocenters. The third-order valence-electron chi connectivity index (χ3n) is 3.63. The summed E-state index contributed by atoms with van der Waals surface area (Å²) in [5.74, 6) is 1.02. The fraction of sp³-hybridized carbons (Fsp3) is 0.538. The van der Waals surface area contributed by atoms with Crippen LogP contribution in [0.25, 0.3) is 0 Å². The number of hydrogen-bond acceptors (Lipinski definition) is 4. The SMILES string of the molecule is CN(C)C1CCN(c2ccc(NC(=N)NCl)cn2)CC1. The van der Waals surface area contributed by atoms with Crippen molar-refractivity contribution in [3.63, 3.8) is 0 Å². The summed E-state index contributed by atoms with van der Waals surface area (Å²) < 4.78 is 0. The van der Waals surface area contributed by atoms with E-state index in [9.17, 15) is 0 Å². The van der Waals surface area contributed by atoms with Crippen LogP contribution in [0.15, 0.2) is 18.3 Å². The van der Waals surface area contributed by atoms with Crippen LogP contribution in [0.5, 0.6) is 0 Å². The lowest BCUT2D eigenvalue weighted by atomic mass is 10.0. The molecule has 6 nitrogen and oxygen atoms in total. The van der Waals surface area contributed by atoms with Crippen molar-refractivity contribution in [1.82, 2.24) is 14.7 Å². The van der Waals surface area contributed by atoms with Crippen molar-refractivity contribution in [2.75, 3.05) is 37.4 Å². The van der Waals surface area contributed by atoms with Crippen LogP contribution in [0.1, 0.15) is 12.8 Å². The van der Waals surface area contributed by atoms with E-state index < -0.39 is 0 Å². The second-order valence-electron chi connectivity index (χ2n) is 5.18. The van der Waals surface area contributed by atoms with Crippen LogP contribution in [0.3, 0.4) is 0 Å². The molecule has 1 aliphatic rings. The van der Waals surface area contributed by atoms with Crippen molar-refractivity contribution in [2.24, 2.45) is 0 Å². The minimum absolute atomic E-state index is 0.0352. The molecule has 1 aromatic rings. The maximum Gasteiger partial charge on any atom is 0.207 e. The molecule has 7 heteroatoms. The van der Waals surface area contributed by atoms with E-state index in [0.717, 1.165) is 37.4 Å². The summed E-state index contributed by atoms with van der Waals surface area (Å²) in [6.45, 7) is 2.06. The average molecular weight is 297 g/mol. The van der Waals surface area contributed by atoms with Crippen LogP contribution in [0.4, 0.5) is 11.5 Å². The predicted octanol–water partition coefficient (Wildman–Crippen LogP) is 1.70. The monoisotopic (exact) mass is 296 g/mol. The van der Waals surface area contributed by atoms with E-state index in [1.807, 2.05) is 12.1 Å². The van der Waals surface area contributed by atoms with Gasteiger partial charge in [0.2, 0.25) is 5.96 Å². The van der Waals surface area contributed by atoms with Gasteiger partial charge in [-0.3, -0.25) is 10.2 Å². The molecule has 0 aromatic carbocycles. The Morgan fingerprint density at radius 2 is 2.10 bits per heavy atom. The van der Waals surface area contributed by atoms with Crippen molar-refractivity contribution in [3.05, 3.63) is 18.3 Å². The summed E-state index contributed by atoms with van der Waals surface area (Å²) in [5, 5.41) is 10.2. The van der Waals surface area contributed by atoms with Gasteiger partial charge in [-0.25, -0.2) is 4.98 Å². The lowest BCUT2D eigenvalue weighted by molar-refractivity contribution is 0.249. The minimum Gasteiger partial charge on any atom is -0.357 e. The van der Waals surface area contributed by atoms with Crippen LogP contribution in [0.2, 0.25) is 0 Å². The molecule has 2 heterocycles. The molecule has 0 saturated carbocycles. The highest BCUT2D eigenvalue weighted by molar-refractivity contribution is 6.23. The van der Waals surface area contributed by atoms with Gasteiger partial charge in [0.1, 0.15) is 5.82 Å². The van der Waals surface area contributed by atoms with E-state index in [4.69, 9.17) is 17.2 Å². The van der Waals surface area contributed by atoms with E-state index in [1.54, 1.807) is 6.20 Å². The van der Waals surface area contributed by atoms with Gasteiger partial charge in [-0.2, -0.15) is 0 Å². The van der Waals surface area contributed by atoms with Crippen LogP contribution >= 0.6 is 11.8 Å². The van der Waals surface area contributed by atoms with E-state index in [1.165, 1.54) is 0 Å². The molecular weight excluding hydrogens is 276 g/mol. The molecular formula is C13H21ClN6. The number of aromatic nitrogens is 1. The molecule has 0 aliphatic carbocycles. The molecule has 0 bridgehead atoms. The lowest BCUT2D eigenvalue weighted by Gasteiger charge is -2.35. The van der Waals surface area contributed by atoms with Crippen LogP contribution < -0.4 is 15.1 Å². The molecule has 1 aromatic heterocycles. The first-order valence-corrected chi connectivity index (χ1v) is 7.07. The van der Waals surface area contributed by atoms with Gasteiger partial charge in [-0.1, -0.05) is 0 Å². The van der Waals surface area contributed by atoms with Crippen LogP contribution in [-0.2, 0) is 0 Å². The van der Waals surface area contributed by atoms with E-state index >= 15 is 0 Å². The maximum absolute atomic E-state index is 7.39. The fourth-order valence-corrected chi connectivity index (χ4v) is 2.47. The fourth-order valence-electron chi connectivity index (χ4n) is 2.43. The number of piperidine rings is 1. The highest BCUT2D eigenvalue weighted by Gasteiger charge is 2.21. The van der Waals surface area contributed by atoms with Crippen molar-refractivity contribution in [1.29, 1.82) is 5.41 Å². The largest absolute Gasteiger partial charge is 0.357 e. The molecule has 1 saturated heterocycles. The summed E-state index contributed by atoms with van der Waals surface area (Å²) in [4.78, 5) is 11.2. The summed E-state index contributed by atoms with van der Waals surface area (Å²) >= 11 is 5.32. The van der Waals surface area contributed by atoms with Gasteiger partial charge < -0.3 is 15.1 Å². The molecule has 0 unspecified atom stereocenters. The molecule has 1 fully saturated rings. The van der Waals surface area contributed by atoms with Crippen molar-refractivity contribution < 1.29 is 0 Å². The highest BCUT2D eigenvalue weighted by atomic mass is 35.5. The van der Waals surface area contributed by atoms with Crippen LogP contribution in [0, 0.1) is 5.41 Å². The van der Waals surface area contributed by atoms with E-state index in [0.29, 0.717) is 6.04 Å². The number of halogens is 1. The number of anilines is 2. The lowest BCUT2D eigenvalue weighted by Crippen LogP contribution is -2.42. The Balaban J connectivity index is 1.92. The molecule has 0 amide bonds. The Morgan fingerprint density at radius 3 is 2.60 bits per heavy atom. The zero-order chi connectivity index (χ0) is 14.5. The second-order valence-corrected chi connectivity index (χ2v) is 5.37. The molecule has 0 spiro atoms. The van der Waals surface area contributed by atoms with Crippen molar-refractivity contribution >= 4 is 29.2 Å². The van der Waals surface area contributed by atoms with Gasteiger partial charge in [0.25, 0.3) is 0 Å². The van der Waals surface area contributed by atoms with Crippen molar-refractivity contribution in [2.45, 2.75) is 18.9 Å². The standard InChI is InChI=1S/C13H21ClN6/c1-19(2)11-5-7-20(8-6-11)12-4-3-10(9-16-12)17-13(15)18-14/h3-4,9,11H,5-8H2,1-2H3,(H3,15,17,18). The highest BCUT2D eigenvalue weighted by Crippen LogP contribution is 2.20. The molecule has 110 valence electrons. The van der Waals surface area contributed by atoms with Crippen LogP contribution in [-0.4, -0.2) is 49.1 Å². The zero-order valence-corrected chi connectivity index (χ0v) is 12.6. The van der Waals surface area contributed by atoms with Gasteiger partial charge in [0, 0.05) is 30.9 Å². The Bertz CT molecular complexity index is 439. The van der Waals surface area contributed by atoms with Gasteiger partial charge in [0.05, 0.1) is 11.9 Å². The molecule has 3 N–H and O–H groups in total. The number of nitrogens with zero attached hydrogens (tertiary/aromatic N) is 3. The molecule has 2 rings (SSSR count). The van der Waals surface area contributed by atoms with Gasteiger partial charge in [0.15, 0.2) is 0 Å². The second kappa shape index (κ2) is 6.76. The first-order chi connectivity index (χ1) is 9.60. The summed E-state index contributed by atoms with van der Waals surface area (Å²) in [6.07, 6.45) is 4.04. The van der Waals surface area contributed by atoms with Gasteiger partial charge in [-0.15, -0.1) is 0 Å². The topological polar surface area (TPSA) is 67.3 Å². The normalized spacial score (nSPS) is 16.3. The number of hydrogen-bond donors (Lipinski definition) is 3. The maximum atomic E-state index is 7.39. The molecule has 0 radical (unpaired) electrons. The first-order valence-electron chi connectivity index (χ1n) is 6.70. The summed E-state index contributed by atoms with van der Waals surface area (Å²) in [7, 11) is 4.28. The third kappa shape index (κ3) is 3.74. The summed E-state index contributed by atoms with van der Waals surface area (Å²) in [5.41, 5.74) is 0.745. The van der Waals surface area contributed by atoms with Crippen molar-refractivity contribution in [3.8, 4) is 0 Å². The van der Waals surface area contributed by atoms with Gasteiger partial charge >= 0.3 is 0 Å². The Morgan fingerprint density at radius 1 is 1.40 bits per heavy atom. The predicted molar refractivity (Wildman–Crippen MR) is 83.5 cm³/mol. The molecule has 20 heavy (non-hydrogen) atoms. The zero-order valence-electron chi connectivity index (χ0n) is 11.9. The smallest absolute Gasteiger partial charge is 0.207 e. The first kappa shape index (κ1) is 14.9. The third-order valence-corrected chi connectivity index (χ3v) is 3.82. The molecule has 1 aliphatic heterocycles. The van der Waals surface area contributed by atoms with E-state index in [2.05, 4.69) is 39.0 Å². The number of pyridine rings is 1. The Labute approximate surface area is 124 Å². The Hall–Kier alpha value is -1.53. The Kier molecular flexibility index (Phi) is 5.03. The minimum atomic E-state index is 0.0352. The summed E-state index contributed by atoms with van der Waals surface area (Å²) in [6, 6.07) is 4.55. The van der Waals surface area contributed by atoms with E-state index in [-0.39, 0.29) is 5.96 Å². The number of rotatable bonds is 3.